The molecular formula is C6H8N4. The molecule has 1 aromatic rings. The maximum absolute atomic E-state index is 5.02. The SMILES string of the molecule is C/C(=N\N)c1cnccn1. The molecule has 4 nitrogen and oxygen atoms in total. The van der Waals surface area contributed by atoms with Gasteiger partial charge in [0, 0.05) is 12.4 Å². The summed E-state index contributed by atoms with van der Waals surface area (Å²) in [5, 5.41) is 3.47. The van der Waals surface area contributed by atoms with Gasteiger partial charge >= 0.3 is 0 Å². The molecule has 0 aliphatic carbocycles. The van der Waals surface area contributed by atoms with Crippen molar-refractivity contribution in [1.82, 2.24) is 9.97 Å². The van der Waals surface area contributed by atoms with Crippen LogP contribution in [0.4, 0.5) is 0 Å². The summed E-state index contributed by atoms with van der Waals surface area (Å²) in [6.07, 6.45) is 4.82. The van der Waals surface area contributed by atoms with Gasteiger partial charge in [0.25, 0.3) is 0 Å². The number of hydrogen-bond acceptors (Lipinski definition) is 4. The molecule has 0 atom stereocenters. The Kier molecular flexibility index (Phi) is 1.94. The van der Waals surface area contributed by atoms with Gasteiger partial charge in [-0.25, -0.2) is 0 Å². The minimum atomic E-state index is 0.688. The van der Waals surface area contributed by atoms with Crippen molar-refractivity contribution < 1.29 is 0 Å². The van der Waals surface area contributed by atoms with Gasteiger partial charge in [0.05, 0.1) is 11.9 Å². The Bertz CT molecular complexity index is 229. The van der Waals surface area contributed by atoms with Gasteiger partial charge in [-0.15, -0.1) is 0 Å². The number of hydrogen-bond donors (Lipinski definition) is 1. The van der Waals surface area contributed by atoms with E-state index in [9.17, 15) is 0 Å². The second kappa shape index (κ2) is 2.91. The summed E-state index contributed by atoms with van der Waals surface area (Å²) in [4.78, 5) is 7.83. The molecule has 0 spiro atoms. The molecule has 1 heterocycles. The molecule has 52 valence electrons. The first-order chi connectivity index (χ1) is 4.84. The van der Waals surface area contributed by atoms with Crippen LogP contribution in [0.15, 0.2) is 23.7 Å². The normalized spacial score (nSPS) is 11.5. The number of nitrogens with two attached hydrogens (primary N) is 1. The van der Waals surface area contributed by atoms with Crippen molar-refractivity contribution in [2.75, 3.05) is 0 Å². The molecule has 0 amide bonds. The first kappa shape index (κ1) is 6.67. The molecular weight excluding hydrogens is 128 g/mol. The van der Waals surface area contributed by atoms with Gasteiger partial charge in [0.2, 0.25) is 0 Å². The van der Waals surface area contributed by atoms with Gasteiger partial charge in [-0.2, -0.15) is 5.10 Å². The molecule has 0 aliphatic rings. The van der Waals surface area contributed by atoms with Crippen LogP contribution in [-0.2, 0) is 0 Å². The fourth-order valence-electron chi connectivity index (χ4n) is 0.552. The van der Waals surface area contributed by atoms with Crippen LogP contribution < -0.4 is 5.84 Å². The molecule has 0 bridgehead atoms. The summed E-state index contributed by atoms with van der Waals surface area (Å²) in [5.41, 5.74) is 1.40. The molecule has 0 fully saturated rings. The van der Waals surface area contributed by atoms with E-state index >= 15 is 0 Å². The molecule has 0 aromatic carbocycles. The van der Waals surface area contributed by atoms with Crippen molar-refractivity contribution in [2.24, 2.45) is 10.9 Å². The van der Waals surface area contributed by atoms with Crippen molar-refractivity contribution in [1.29, 1.82) is 0 Å². The van der Waals surface area contributed by atoms with Crippen molar-refractivity contribution in [3.8, 4) is 0 Å². The van der Waals surface area contributed by atoms with Crippen LogP contribution in [0.5, 0.6) is 0 Å². The Morgan fingerprint density at radius 2 is 2.40 bits per heavy atom. The highest BCUT2D eigenvalue weighted by atomic mass is 15.1. The monoisotopic (exact) mass is 136 g/mol. The fourth-order valence-corrected chi connectivity index (χ4v) is 0.552. The Labute approximate surface area is 58.8 Å². The fraction of sp³-hybridized carbons (Fsp3) is 0.167. The second-order valence-corrected chi connectivity index (χ2v) is 1.81. The summed E-state index contributed by atoms with van der Waals surface area (Å²) in [6, 6.07) is 0. The van der Waals surface area contributed by atoms with E-state index in [2.05, 4.69) is 15.1 Å². The summed E-state index contributed by atoms with van der Waals surface area (Å²) >= 11 is 0. The lowest BCUT2D eigenvalue weighted by Crippen LogP contribution is -2.01. The molecule has 2 N–H and O–H groups in total. The van der Waals surface area contributed by atoms with Crippen molar-refractivity contribution >= 4 is 5.71 Å². The standard InChI is InChI=1S/C6H8N4/c1-5(10-7)6-4-8-2-3-9-6/h2-4H,7H2,1H3/b10-5+. The van der Waals surface area contributed by atoms with E-state index in [1.807, 2.05) is 0 Å². The highest BCUT2D eigenvalue weighted by molar-refractivity contribution is 5.96. The quantitative estimate of drug-likeness (QED) is 0.340. The predicted octanol–water partition coefficient (Wildman–Crippen LogP) is 0.159. The van der Waals surface area contributed by atoms with Crippen molar-refractivity contribution in [3.63, 3.8) is 0 Å². The Hall–Kier alpha value is -1.45. The summed E-state index contributed by atoms with van der Waals surface area (Å²) in [6.45, 7) is 1.78. The Morgan fingerprint density at radius 1 is 1.60 bits per heavy atom. The molecule has 10 heavy (non-hydrogen) atoms. The van der Waals surface area contributed by atoms with E-state index in [4.69, 9.17) is 5.84 Å². The highest BCUT2D eigenvalue weighted by Crippen LogP contribution is 1.90. The first-order valence-electron chi connectivity index (χ1n) is 2.85. The predicted molar refractivity (Wildman–Crippen MR) is 38.4 cm³/mol. The lowest BCUT2D eigenvalue weighted by Gasteiger charge is -1.93. The third-order valence-electron chi connectivity index (χ3n) is 1.13. The minimum absolute atomic E-state index is 0.688. The summed E-state index contributed by atoms with van der Waals surface area (Å²) < 4.78 is 0. The van der Waals surface area contributed by atoms with E-state index in [0.29, 0.717) is 11.4 Å². The van der Waals surface area contributed by atoms with Crippen LogP contribution in [-0.4, -0.2) is 15.7 Å². The largest absolute Gasteiger partial charge is 0.323 e. The third-order valence-corrected chi connectivity index (χ3v) is 1.13. The topological polar surface area (TPSA) is 64.2 Å². The molecule has 0 saturated heterocycles. The zero-order chi connectivity index (χ0) is 7.40. The van der Waals surface area contributed by atoms with E-state index in [-0.39, 0.29) is 0 Å². The van der Waals surface area contributed by atoms with E-state index in [0.717, 1.165) is 0 Å². The number of aromatic nitrogens is 2. The van der Waals surface area contributed by atoms with Gasteiger partial charge in [-0.1, -0.05) is 0 Å². The molecule has 1 rings (SSSR count). The molecule has 0 unspecified atom stereocenters. The van der Waals surface area contributed by atoms with Crippen LogP contribution in [0.1, 0.15) is 12.6 Å². The lowest BCUT2D eigenvalue weighted by molar-refractivity contribution is 1.15. The molecule has 4 heteroatoms. The maximum Gasteiger partial charge on any atom is 0.104 e. The zero-order valence-electron chi connectivity index (χ0n) is 5.65. The Balaban J connectivity index is 2.96. The van der Waals surface area contributed by atoms with Crippen molar-refractivity contribution in [3.05, 3.63) is 24.3 Å². The molecule has 0 aliphatic heterocycles. The van der Waals surface area contributed by atoms with Gasteiger partial charge in [-0.3, -0.25) is 9.97 Å². The molecule has 0 radical (unpaired) electrons. The second-order valence-electron chi connectivity index (χ2n) is 1.81. The van der Waals surface area contributed by atoms with E-state index in [1.165, 1.54) is 0 Å². The Morgan fingerprint density at radius 3 is 2.90 bits per heavy atom. The molecule has 0 saturated carbocycles. The maximum atomic E-state index is 5.02. The van der Waals surface area contributed by atoms with Crippen LogP contribution in [0, 0.1) is 0 Å². The zero-order valence-corrected chi connectivity index (χ0v) is 5.65. The van der Waals surface area contributed by atoms with Crippen LogP contribution in [0.3, 0.4) is 0 Å². The van der Waals surface area contributed by atoms with Gasteiger partial charge in [0.15, 0.2) is 0 Å². The van der Waals surface area contributed by atoms with E-state index < -0.39 is 0 Å². The van der Waals surface area contributed by atoms with Gasteiger partial charge in [0.1, 0.15) is 5.69 Å². The van der Waals surface area contributed by atoms with Crippen molar-refractivity contribution in [2.45, 2.75) is 6.92 Å². The number of hydrazone groups is 1. The average molecular weight is 136 g/mol. The summed E-state index contributed by atoms with van der Waals surface area (Å²) in [5.74, 6) is 5.02. The lowest BCUT2D eigenvalue weighted by atomic mass is 10.3. The third kappa shape index (κ3) is 1.28. The van der Waals surface area contributed by atoms with Crippen LogP contribution in [0.2, 0.25) is 0 Å². The summed E-state index contributed by atoms with van der Waals surface area (Å²) in [7, 11) is 0. The van der Waals surface area contributed by atoms with Crippen LogP contribution in [0.25, 0.3) is 0 Å². The minimum Gasteiger partial charge on any atom is -0.323 e. The smallest absolute Gasteiger partial charge is 0.104 e. The average Bonchev–Trinajstić information content (AvgIpc) is 2.05. The van der Waals surface area contributed by atoms with E-state index in [1.54, 1.807) is 25.5 Å². The van der Waals surface area contributed by atoms with Gasteiger partial charge < -0.3 is 5.84 Å². The number of nitrogens with zero attached hydrogens (tertiary/aromatic N) is 3. The van der Waals surface area contributed by atoms with Crippen LogP contribution >= 0.6 is 0 Å². The van der Waals surface area contributed by atoms with Gasteiger partial charge in [-0.05, 0) is 6.92 Å². The first-order valence-corrected chi connectivity index (χ1v) is 2.85. The highest BCUT2D eigenvalue weighted by Gasteiger charge is 1.94. The molecule has 1 aromatic heterocycles. The number of rotatable bonds is 1.